The second kappa shape index (κ2) is 5.10. The first-order valence-electron chi connectivity index (χ1n) is 4.44. The van der Waals surface area contributed by atoms with Crippen molar-refractivity contribution >= 4 is 0 Å². The summed E-state index contributed by atoms with van der Waals surface area (Å²) >= 11 is 0. The van der Waals surface area contributed by atoms with Gasteiger partial charge >= 0.3 is 0 Å². The van der Waals surface area contributed by atoms with Gasteiger partial charge in [0.15, 0.2) is 0 Å². The maximum atomic E-state index is 5.37. The zero-order valence-corrected chi connectivity index (χ0v) is 8.82. The molecule has 0 N–H and O–H groups in total. The first-order valence-corrected chi connectivity index (χ1v) is 4.44. The van der Waals surface area contributed by atoms with E-state index in [4.69, 9.17) is 14.2 Å². The van der Waals surface area contributed by atoms with Crippen LogP contribution in [0.1, 0.15) is 5.56 Å². The summed E-state index contributed by atoms with van der Waals surface area (Å²) in [5.41, 5.74) is 0.951. The molecule has 1 rings (SSSR count). The van der Waals surface area contributed by atoms with Gasteiger partial charge in [0.2, 0.25) is 5.79 Å². The largest absolute Gasteiger partial charge is 0.379 e. The van der Waals surface area contributed by atoms with Crippen LogP contribution >= 0.6 is 0 Å². The zero-order valence-electron chi connectivity index (χ0n) is 8.82. The second-order valence-corrected chi connectivity index (χ2v) is 2.96. The Balaban J connectivity index is 2.98. The van der Waals surface area contributed by atoms with Crippen LogP contribution in [-0.4, -0.2) is 27.9 Å². The van der Waals surface area contributed by atoms with Crippen LogP contribution < -0.4 is 0 Å². The maximum absolute atomic E-state index is 5.37. The summed E-state index contributed by atoms with van der Waals surface area (Å²) in [6.07, 6.45) is 0. The van der Waals surface area contributed by atoms with Crippen LogP contribution in [0.25, 0.3) is 0 Å². The molecule has 0 radical (unpaired) electrons. The van der Waals surface area contributed by atoms with Crippen LogP contribution in [0, 0.1) is 0 Å². The molecule has 0 aliphatic heterocycles. The van der Waals surface area contributed by atoms with E-state index in [1.54, 1.807) is 21.3 Å². The van der Waals surface area contributed by atoms with Crippen LogP contribution in [0.3, 0.4) is 0 Å². The third kappa shape index (κ3) is 2.12. The summed E-state index contributed by atoms with van der Waals surface area (Å²) in [6, 6.07) is 9.74. The average Bonchev–Trinajstić information content (AvgIpc) is 2.27. The van der Waals surface area contributed by atoms with Gasteiger partial charge in [-0.2, -0.15) is 0 Å². The SMILES string of the molecule is COCC(OC)(OC)c1ccccc1. The minimum Gasteiger partial charge on any atom is -0.379 e. The highest BCUT2D eigenvalue weighted by atomic mass is 16.7. The minimum atomic E-state index is -0.796. The third-order valence-corrected chi connectivity index (χ3v) is 2.21. The lowest BCUT2D eigenvalue weighted by molar-refractivity contribution is -0.240. The average molecular weight is 196 g/mol. The lowest BCUT2D eigenvalue weighted by Crippen LogP contribution is -2.35. The Morgan fingerprint density at radius 2 is 1.57 bits per heavy atom. The molecule has 0 aliphatic rings. The molecule has 3 heteroatoms. The Hall–Kier alpha value is -0.900. The summed E-state index contributed by atoms with van der Waals surface area (Å²) in [5, 5.41) is 0. The fourth-order valence-electron chi connectivity index (χ4n) is 1.40. The normalized spacial score (nSPS) is 11.6. The van der Waals surface area contributed by atoms with E-state index in [-0.39, 0.29) is 0 Å². The fourth-order valence-corrected chi connectivity index (χ4v) is 1.40. The molecule has 0 saturated carbocycles. The smallest absolute Gasteiger partial charge is 0.218 e. The number of hydrogen-bond donors (Lipinski definition) is 0. The predicted molar refractivity (Wildman–Crippen MR) is 54.0 cm³/mol. The molecule has 0 atom stereocenters. The first-order chi connectivity index (χ1) is 6.79. The van der Waals surface area contributed by atoms with Crippen molar-refractivity contribution in [3.8, 4) is 0 Å². The van der Waals surface area contributed by atoms with Crippen molar-refractivity contribution in [3.63, 3.8) is 0 Å². The van der Waals surface area contributed by atoms with Gasteiger partial charge in [-0.05, 0) is 0 Å². The Kier molecular flexibility index (Phi) is 4.07. The summed E-state index contributed by atoms with van der Waals surface area (Å²) in [6.45, 7) is 0.365. The second-order valence-electron chi connectivity index (χ2n) is 2.96. The molecular weight excluding hydrogens is 180 g/mol. The van der Waals surface area contributed by atoms with E-state index in [0.717, 1.165) is 5.56 Å². The van der Waals surface area contributed by atoms with Gasteiger partial charge in [-0.3, -0.25) is 0 Å². The van der Waals surface area contributed by atoms with E-state index in [9.17, 15) is 0 Å². The van der Waals surface area contributed by atoms with E-state index >= 15 is 0 Å². The van der Waals surface area contributed by atoms with Gasteiger partial charge in [0.25, 0.3) is 0 Å². The Morgan fingerprint density at radius 1 is 1.00 bits per heavy atom. The van der Waals surface area contributed by atoms with Crippen molar-refractivity contribution in [1.29, 1.82) is 0 Å². The van der Waals surface area contributed by atoms with Crippen molar-refractivity contribution in [3.05, 3.63) is 35.9 Å². The van der Waals surface area contributed by atoms with E-state index in [1.807, 2.05) is 30.3 Å². The lowest BCUT2D eigenvalue weighted by atomic mass is 10.1. The monoisotopic (exact) mass is 196 g/mol. The molecule has 1 aromatic rings. The van der Waals surface area contributed by atoms with Crippen LogP contribution in [0.4, 0.5) is 0 Å². The Morgan fingerprint density at radius 3 is 2.00 bits per heavy atom. The van der Waals surface area contributed by atoms with Crippen molar-refractivity contribution in [2.45, 2.75) is 5.79 Å². The third-order valence-electron chi connectivity index (χ3n) is 2.21. The number of hydrogen-bond acceptors (Lipinski definition) is 3. The first kappa shape index (κ1) is 11.2. The maximum Gasteiger partial charge on any atom is 0.218 e. The molecule has 0 amide bonds. The van der Waals surface area contributed by atoms with E-state index in [1.165, 1.54) is 0 Å². The standard InChI is InChI=1S/C11H16O3/c1-12-9-11(13-2,14-3)10-7-5-4-6-8-10/h4-8H,9H2,1-3H3. The van der Waals surface area contributed by atoms with Gasteiger partial charge in [-0.25, -0.2) is 0 Å². The van der Waals surface area contributed by atoms with Gasteiger partial charge in [0.1, 0.15) is 6.61 Å². The van der Waals surface area contributed by atoms with E-state index in [0.29, 0.717) is 6.61 Å². The minimum absolute atomic E-state index is 0.365. The fraction of sp³-hybridized carbons (Fsp3) is 0.455. The molecule has 14 heavy (non-hydrogen) atoms. The molecule has 0 unspecified atom stereocenters. The van der Waals surface area contributed by atoms with Crippen LogP contribution in [0.15, 0.2) is 30.3 Å². The molecule has 0 saturated heterocycles. The number of rotatable bonds is 5. The van der Waals surface area contributed by atoms with E-state index in [2.05, 4.69) is 0 Å². The van der Waals surface area contributed by atoms with Crippen LogP contribution in [0.5, 0.6) is 0 Å². The Labute approximate surface area is 84.6 Å². The highest BCUT2D eigenvalue weighted by molar-refractivity contribution is 5.20. The summed E-state index contributed by atoms with van der Waals surface area (Å²) in [7, 11) is 4.83. The molecule has 0 spiro atoms. The summed E-state index contributed by atoms with van der Waals surface area (Å²) < 4.78 is 15.8. The molecular formula is C11H16O3. The van der Waals surface area contributed by atoms with Crippen molar-refractivity contribution in [2.75, 3.05) is 27.9 Å². The van der Waals surface area contributed by atoms with Crippen molar-refractivity contribution < 1.29 is 14.2 Å². The van der Waals surface area contributed by atoms with Gasteiger partial charge in [-0.1, -0.05) is 30.3 Å². The van der Waals surface area contributed by atoms with Crippen LogP contribution in [-0.2, 0) is 20.0 Å². The molecule has 0 fully saturated rings. The van der Waals surface area contributed by atoms with Gasteiger partial charge in [0, 0.05) is 26.9 Å². The number of benzene rings is 1. The Bertz CT molecular complexity index is 254. The highest BCUT2D eigenvalue weighted by Gasteiger charge is 2.31. The van der Waals surface area contributed by atoms with Gasteiger partial charge < -0.3 is 14.2 Å². The molecule has 3 nitrogen and oxygen atoms in total. The highest BCUT2D eigenvalue weighted by Crippen LogP contribution is 2.25. The number of ether oxygens (including phenoxy) is 3. The molecule has 0 aliphatic carbocycles. The quantitative estimate of drug-likeness (QED) is 0.672. The zero-order chi connectivity index (χ0) is 10.4. The van der Waals surface area contributed by atoms with Gasteiger partial charge in [0.05, 0.1) is 0 Å². The van der Waals surface area contributed by atoms with Crippen molar-refractivity contribution in [1.82, 2.24) is 0 Å². The summed E-state index contributed by atoms with van der Waals surface area (Å²) in [4.78, 5) is 0. The van der Waals surface area contributed by atoms with Crippen LogP contribution in [0.2, 0.25) is 0 Å². The molecule has 0 heterocycles. The van der Waals surface area contributed by atoms with Gasteiger partial charge in [-0.15, -0.1) is 0 Å². The molecule has 0 aromatic heterocycles. The molecule has 1 aromatic carbocycles. The van der Waals surface area contributed by atoms with E-state index < -0.39 is 5.79 Å². The topological polar surface area (TPSA) is 27.7 Å². The molecule has 78 valence electrons. The predicted octanol–water partition coefficient (Wildman–Crippen LogP) is 1.78. The molecule has 0 bridgehead atoms. The summed E-state index contributed by atoms with van der Waals surface area (Å²) in [5.74, 6) is -0.796. The van der Waals surface area contributed by atoms with Crippen molar-refractivity contribution in [2.24, 2.45) is 0 Å². The lowest BCUT2D eigenvalue weighted by Gasteiger charge is -2.30. The number of methoxy groups -OCH3 is 3.